The minimum absolute atomic E-state index is 0.140. The van der Waals surface area contributed by atoms with Crippen LogP contribution in [0.15, 0.2) is 23.3 Å². The maximum Gasteiger partial charge on any atom is 0.216 e. The predicted molar refractivity (Wildman–Crippen MR) is 83.6 cm³/mol. The van der Waals surface area contributed by atoms with Crippen molar-refractivity contribution in [2.75, 3.05) is 26.3 Å². The number of amides is 2. The summed E-state index contributed by atoms with van der Waals surface area (Å²) in [7, 11) is 0. The summed E-state index contributed by atoms with van der Waals surface area (Å²) < 4.78 is 11.1. The minimum atomic E-state index is -0.150. The molecule has 0 heterocycles. The molecule has 1 aromatic rings. The molecular weight excluding hydrogens is 302 g/mol. The second kappa shape index (κ2) is 9.91. The number of nitrogens with zero attached hydrogens (tertiary/aromatic N) is 3. The average Bonchev–Trinajstić information content (AvgIpc) is 2.49. The fourth-order valence-corrected chi connectivity index (χ4v) is 1.62. The van der Waals surface area contributed by atoms with Gasteiger partial charge in [-0.15, -0.1) is 0 Å². The number of azide groups is 1. The Kier molecular flexibility index (Phi) is 7.81. The monoisotopic (exact) mass is 321 g/mol. The summed E-state index contributed by atoms with van der Waals surface area (Å²) in [6.07, 6.45) is 0. The molecule has 0 fully saturated rings. The minimum Gasteiger partial charge on any atom is -0.488 e. The van der Waals surface area contributed by atoms with Gasteiger partial charge in [0.15, 0.2) is 11.5 Å². The van der Waals surface area contributed by atoms with Crippen LogP contribution in [0.3, 0.4) is 0 Å². The van der Waals surface area contributed by atoms with Crippen LogP contribution in [0, 0.1) is 0 Å². The molecule has 1 aromatic carbocycles. The third-order valence-corrected chi connectivity index (χ3v) is 2.55. The molecule has 0 aliphatic rings. The topological polar surface area (TPSA) is 125 Å². The molecule has 0 atom stereocenters. The van der Waals surface area contributed by atoms with Gasteiger partial charge in [0.25, 0.3) is 0 Å². The molecule has 124 valence electrons. The van der Waals surface area contributed by atoms with Gasteiger partial charge in [-0.05, 0) is 23.7 Å². The Morgan fingerprint density at radius 3 is 2.17 bits per heavy atom. The summed E-state index contributed by atoms with van der Waals surface area (Å²) in [5.74, 6) is 0.556. The standard InChI is InChI=1S/C14H19N5O4/c1-10(20)16-5-7-22-13-4-3-12(18-19-15)9-14(13)23-8-6-17-11(2)21/h3-4,9H,5-8H2,1-2H3,(H,16,20)(H,17,21). The fraction of sp³-hybridized carbons (Fsp3) is 0.429. The summed E-state index contributed by atoms with van der Waals surface area (Å²) in [5, 5.41) is 8.72. The van der Waals surface area contributed by atoms with Crippen molar-refractivity contribution in [1.29, 1.82) is 0 Å². The summed E-state index contributed by atoms with van der Waals surface area (Å²) in [4.78, 5) is 24.3. The van der Waals surface area contributed by atoms with E-state index < -0.39 is 0 Å². The molecule has 0 radical (unpaired) electrons. The molecule has 0 spiro atoms. The molecule has 0 saturated heterocycles. The van der Waals surface area contributed by atoms with E-state index in [2.05, 4.69) is 20.7 Å². The van der Waals surface area contributed by atoms with Crippen LogP contribution in [0.5, 0.6) is 11.5 Å². The van der Waals surface area contributed by atoms with E-state index in [0.29, 0.717) is 30.3 Å². The Bertz CT molecular complexity index is 599. The predicted octanol–water partition coefficient (Wildman–Crippen LogP) is 1.66. The van der Waals surface area contributed by atoms with Gasteiger partial charge in [0.1, 0.15) is 13.2 Å². The van der Waals surface area contributed by atoms with Crippen LogP contribution in [-0.2, 0) is 9.59 Å². The highest BCUT2D eigenvalue weighted by molar-refractivity contribution is 5.73. The molecule has 1 rings (SSSR count). The van der Waals surface area contributed by atoms with Crippen molar-refractivity contribution in [1.82, 2.24) is 10.6 Å². The summed E-state index contributed by atoms with van der Waals surface area (Å²) >= 11 is 0. The van der Waals surface area contributed by atoms with E-state index in [9.17, 15) is 9.59 Å². The van der Waals surface area contributed by atoms with Crippen LogP contribution in [0.4, 0.5) is 5.69 Å². The number of carbonyl (C=O) groups is 2. The molecule has 0 saturated carbocycles. The molecule has 0 unspecified atom stereocenters. The zero-order valence-electron chi connectivity index (χ0n) is 13.0. The average molecular weight is 321 g/mol. The molecule has 9 nitrogen and oxygen atoms in total. The lowest BCUT2D eigenvalue weighted by Gasteiger charge is -2.13. The first-order valence-corrected chi connectivity index (χ1v) is 6.96. The first-order valence-electron chi connectivity index (χ1n) is 6.96. The highest BCUT2D eigenvalue weighted by Crippen LogP contribution is 2.31. The normalized spacial score (nSPS) is 9.48. The maximum atomic E-state index is 10.8. The number of hydrogen-bond acceptors (Lipinski definition) is 5. The largest absolute Gasteiger partial charge is 0.488 e. The first-order chi connectivity index (χ1) is 11.0. The Morgan fingerprint density at radius 2 is 1.65 bits per heavy atom. The van der Waals surface area contributed by atoms with E-state index in [0.717, 1.165) is 0 Å². The second-order valence-corrected chi connectivity index (χ2v) is 4.48. The smallest absolute Gasteiger partial charge is 0.216 e. The summed E-state index contributed by atoms with van der Waals surface area (Å²) in [6, 6.07) is 4.75. The molecule has 0 aliphatic heterocycles. The molecule has 0 aromatic heterocycles. The SMILES string of the molecule is CC(=O)NCCOc1ccc(N=[N+]=[N-])cc1OCCNC(C)=O. The van der Waals surface area contributed by atoms with E-state index in [1.807, 2.05) is 0 Å². The lowest BCUT2D eigenvalue weighted by atomic mass is 10.3. The van der Waals surface area contributed by atoms with Gasteiger partial charge in [-0.25, -0.2) is 0 Å². The zero-order chi connectivity index (χ0) is 17.1. The van der Waals surface area contributed by atoms with Gasteiger partial charge in [0.05, 0.1) is 13.1 Å². The van der Waals surface area contributed by atoms with Crippen LogP contribution < -0.4 is 20.1 Å². The van der Waals surface area contributed by atoms with Crippen LogP contribution in [0.2, 0.25) is 0 Å². The number of benzene rings is 1. The molecule has 2 amide bonds. The molecule has 23 heavy (non-hydrogen) atoms. The van der Waals surface area contributed by atoms with Crippen molar-refractivity contribution < 1.29 is 19.1 Å². The number of nitrogens with one attached hydrogen (secondary N) is 2. The summed E-state index contributed by atoms with van der Waals surface area (Å²) in [6.45, 7) is 4.04. The van der Waals surface area contributed by atoms with E-state index in [4.69, 9.17) is 15.0 Å². The van der Waals surface area contributed by atoms with Gasteiger partial charge in [-0.2, -0.15) is 0 Å². The third-order valence-electron chi connectivity index (χ3n) is 2.55. The second-order valence-electron chi connectivity index (χ2n) is 4.48. The van der Waals surface area contributed by atoms with Gasteiger partial charge in [0.2, 0.25) is 11.8 Å². The quantitative estimate of drug-likeness (QED) is 0.310. The van der Waals surface area contributed by atoms with Crippen LogP contribution >= 0.6 is 0 Å². The number of carbonyl (C=O) groups excluding carboxylic acids is 2. The highest BCUT2D eigenvalue weighted by atomic mass is 16.5. The van der Waals surface area contributed by atoms with Gasteiger partial charge >= 0.3 is 0 Å². The van der Waals surface area contributed by atoms with Gasteiger partial charge in [-0.1, -0.05) is 5.11 Å². The van der Waals surface area contributed by atoms with Crippen molar-refractivity contribution in [3.05, 3.63) is 28.6 Å². The lowest BCUT2D eigenvalue weighted by Crippen LogP contribution is -2.26. The third kappa shape index (κ3) is 7.58. The lowest BCUT2D eigenvalue weighted by molar-refractivity contribution is -0.119. The molecule has 0 aliphatic carbocycles. The fourth-order valence-electron chi connectivity index (χ4n) is 1.62. The van der Waals surface area contributed by atoms with E-state index in [-0.39, 0.29) is 25.0 Å². The number of hydrogen-bond donors (Lipinski definition) is 2. The molecular formula is C14H19N5O4. The maximum absolute atomic E-state index is 10.8. The van der Waals surface area contributed by atoms with Crippen LogP contribution in [0.25, 0.3) is 10.4 Å². The van der Waals surface area contributed by atoms with Crippen molar-refractivity contribution in [2.24, 2.45) is 5.11 Å². The number of rotatable bonds is 9. The van der Waals surface area contributed by atoms with Crippen molar-refractivity contribution in [3.8, 4) is 11.5 Å². The Labute approximate surface area is 133 Å². The van der Waals surface area contributed by atoms with Crippen LogP contribution in [0.1, 0.15) is 13.8 Å². The van der Waals surface area contributed by atoms with Crippen molar-refractivity contribution in [3.63, 3.8) is 0 Å². The van der Waals surface area contributed by atoms with Gasteiger partial charge in [0, 0.05) is 24.4 Å². The number of ether oxygens (including phenoxy) is 2. The van der Waals surface area contributed by atoms with Gasteiger partial charge in [-0.3, -0.25) is 9.59 Å². The summed E-state index contributed by atoms with van der Waals surface area (Å²) in [5.41, 5.74) is 8.86. The van der Waals surface area contributed by atoms with E-state index in [1.54, 1.807) is 18.2 Å². The molecule has 9 heteroatoms. The first kappa shape index (κ1) is 18.1. The Balaban J connectivity index is 2.67. The Hall–Kier alpha value is -2.93. The Morgan fingerprint density at radius 1 is 1.09 bits per heavy atom. The molecule has 2 N–H and O–H groups in total. The van der Waals surface area contributed by atoms with E-state index >= 15 is 0 Å². The van der Waals surface area contributed by atoms with Gasteiger partial charge < -0.3 is 20.1 Å². The van der Waals surface area contributed by atoms with Crippen molar-refractivity contribution >= 4 is 17.5 Å². The van der Waals surface area contributed by atoms with Crippen molar-refractivity contribution in [2.45, 2.75) is 13.8 Å². The van der Waals surface area contributed by atoms with Crippen LogP contribution in [-0.4, -0.2) is 38.1 Å². The highest BCUT2D eigenvalue weighted by Gasteiger charge is 2.07. The van der Waals surface area contributed by atoms with E-state index in [1.165, 1.54) is 13.8 Å². The zero-order valence-corrected chi connectivity index (χ0v) is 13.0. The molecule has 0 bridgehead atoms.